The second-order valence-electron chi connectivity index (χ2n) is 5.41. The maximum Gasteiger partial charge on any atom is 0.326 e. The molecule has 0 aromatic rings. The van der Waals surface area contributed by atoms with Crippen LogP contribution in [0.1, 0.15) is 39.0 Å². The van der Waals surface area contributed by atoms with Crippen LogP contribution in [0.25, 0.3) is 0 Å². The van der Waals surface area contributed by atoms with Crippen LogP contribution < -0.4 is 5.32 Å². The Kier molecular flexibility index (Phi) is 3.90. The first kappa shape index (κ1) is 13.3. The molecule has 18 heavy (non-hydrogen) atoms. The predicted octanol–water partition coefficient (Wildman–Crippen LogP) is 0.842. The highest BCUT2D eigenvalue weighted by Crippen LogP contribution is 2.34. The molecule has 5 nitrogen and oxygen atoms in total. The molecule has 0 bridgehead atoms. The summed E-state index contributed by atoms with van der Waals surface area (Å²) in [6.45, 7) is 4.26. The topological polar surface area (TPSA) is 69.6 Å². The standard InChI is InChI=1S/C13H22N2O3/c1-2-13(6-4-7-14-9-13)12(18)15-8-3-5-10(15)11(16)17/h10,14H,2-9H2,1H3,(H,16,17)/t10-,13?/m0/s1. The quantitative estimate of drug-likeness (QED) is 0.783. The van der Waals surface area contributed by atoms with E-state index in [0.29, 0.717) is 19.5 Å². The van der Waals surface area contributed by atoms with E-state index in [0.717, 1.165) is 32.2 Å². The van der Waals surface area contributed by atoms with E-state index in [4.69, 9.17) is 0 Å². The second-order valence-corrected chi connectivity index (χ2v) is 5.41. The molecule has 2 fully saturated rings. The van der Waals surface area contributed by atoms with Crippen LogP contribution in [0, 0.1) is 5.41 Å². The van der Waals surface area contributed by atoms with Crippen LogP contribution in [-0.4, -0.2) is 47.6 Å². The minimum atomic E-state index is -0.865. The van der Waals surface area contributed by atoms with Gasteiger partial charge < -0.3 is 15.3 Å². The molecule has 2 heterocycles. The number of nitrogens with one attached hydrogen (secondary N) is 1. The van der Waals surface area contributed by atoms with Crippen molar-refractivity contribution in [3.8, 4) is 0 Å². The summed E-state index contributed by atoms with van der Waals surface area (Å²) in [4.78, 5) is 25.5. The molecule has 1 amide bonds. The number of nitrogens with zero attached hydrogens (tertiary/aromatic N) is 1. The van der Waals surface area contributed by atoms with Gasteiger partial charge in [0.1, 0.15) is 6.04 Å². The van der Waals surface area contributed by atoms with Gasteiger partial charge >= 0.3 is 5.97 Å². The normalized spacial score (nSPS) is 32.5. The third kappa shape index (κ3) is 2.23. The molecule has 2 rings (SSSR count). The van der Waals surface area contributed by atoms with Crippen molar-refractivity contribution in [1.82, 2.24) is 10.2 Å². The van der Waals surface area contributed by atoms with E-state index in [9.17, 15) is 14.7 Å². The number of carbonyl (C=O) groups excluding carboxylic acids is 1. The summed E-state index contributed by atoms with van der Waals surface area (Å²) in [7, 11) is 0. The maximum atomic E-state index is 12.7. The van der Waals surface area contributed by atoms with E-state index < -0.39 is 12.0 Å². The minimum absolute atomic E-state index is 0.0436. The molecule has 1 unspecified atom stereocenters. The van der Waals surface area contributed by atoms with Crippen LogP contribution in [-0.2, 0) is 9.59 Å². The second kappa shape index (κ2) is 5.26. The Morgan fingerprint density at radius 2 is 2.22 bits per heavy atom. The van der Waals surface area contributed by atoms with Gasteiger partial charge in [0, 0.05) is 13.1 Å². The van der Waals surface area contributed by atoms with Crippen molar-refractivity contribution in [1.29, 1.82) is 0 Å². The van der Waals surface area contributed by atoms with E-state index in [1.165, 1.54) is 0 Å². The molecular formula is C13H22N2O3. The number of carboxylic acids is 1. The van der Waals surface area contributed by atoms with Gasteiger partial charge in [-0.2, -0.15) is 0 Å². The molecule has 0 saturated carbocycles. The van der Waals surface area contributed by atoms with Crippen LogP contribution in [0.15, 0.2) is 0 Å². The Bertz CT molecular complexity index is 337. The number of likely N-dealkylation sites (tertiary alicyclic amines) is 1. The molecule has 0 spiro atoms. The number of piperidine rings is 1. The molecule has 0 aliphatic carbocycles. The lowest BCUT2D eigenvalue weighted by molar-refractivity contribution is -0.154. The highest BCUT2D eigenvalue weighted by Gasteiger charge is 2.45. The van der Waals surface area contributed by atoms with Crippen LogP contribution in [0.5, 0.6) is 0 Å². The molecule has 0 radical (unpaired) electrons. The van der Waals surface area contributed by atoms with E-state index >= 15 is 0 Å². The summed E-state index contributed by atoms with van der Waals surface area (Å²) in [6.07, 6.45) is 4.04. The van der Waals surface area contributed by atoms with Crippen molar-refractivity contribution >= 4 is 11.9 Å². The number of hydrogen-bond acceptors (Lipinski definition) is 3. The van der Waals surface area contributed by atoms with Gasteiger partial charge in [0.15, 0.2) is 0 Å². The number of carbonyl (C=O) groups is 2. The van der Waals surface area contributed by atoms with Crippen LogP contribution >= 0.6 is 0 Å². The van der Waals surface area contributed by atoms with Crippen LogP contribution in [0.2, 0.25) is 0 Å². The molecule has 5 heteroatoms. The van der Waals surface area contributed by atoms with Gasteiger partial charge in [0.05, 0.1) is 5.41 Å². The fourth-order valence-corrected chi connectivity index (χ4v) is 3.17. The summed E-state index contributed by atoms with van der Waals surface area (Å²) < 4.78 is 0. The number of hydrogen-bond donors (Lipinski definition) is 2. The summed E-state index contributed by atoms with van der Waals surface area (Å²) in [6, 6.07) is -0.608. The van der Waals surface area contributed by atoms with Crippen molar-refractivity contribution in [2.24, 2.45) is 5.41 Å². The van der Waals surface area contributed by atoms with E-state index in [2.05, 4.69) is 5.32 Å². The lowest BCUT2D eigenvalue weighted by atomic mass is 9.77. The number of rotatable bonds is 3. The van der Waals surface area contributed by atoms with E-state index in [1.807, 2.05) is 6.92 Å². The Hall–Kier alpha value is -1.10. The van der Waals surface area contributed by atoms with E-state index in [1.54, 1.807) is 4.90 Å². The average molecular weight is 254 g/mol. The maximum absolute atomic E-state index is 12.7. The van der Waals surface area contributed by atoms with Gasteiger partial charge in [-0.25, -0.2) is 4.79 Å². The first-order chi connectivity index (χ1) is 8.60. The zero-order valence-electron chi connectivity index (χ0n) is 10.9. The summed E-state index contributed by atoms with van der Waals surface area (Å²) in [5, 5.41) is 12.5. The zero-order chi connectivity index (χ0) is 13.2. The number of aliphatic carboxylic acids is 1. The van der Waals surface area contributed by atoms with Crippen LogP contribution in [0.3, 0.4) is 0 Å². The molecular weight excluding hydrogens is 232 g/mol. The molecule has 0 aromatic carbocycles. The fourth-order valence-electron chi connectivity index (χ4n) is 3.17. The van der Waals surface area contributed by atoms with Crippen molar-refractivity contribution in [3.05, 3.63) is 0 Å². The van der Waals surface area contributed by atoms with Gasteiger partial charge in [-0.05, 0) is 38.6 Å². The van der Waals surface area contributed by atoms with Crippen molar-refractivity contribution in [2.75, 3.05) is 19.6 Å². The third-order valence-corrected chi connectivity index (χ3v) is 4.40. The van der Waals surface area contributed by atoms with Gasteiger partial charge in [0.2, 0.25) is 5.91 Å². The highest BCUT2D eigenvalue weighted by atomic mass is 16.4. The minimum Gasteiger partial charge on any atom is -0.480 e. The van der Waals surface area contributed by atoms with Gasteiger partial charge in [-0.3, -0.25) is 4.79 Å². The number of amides is 1. The molecule has 0 aromatic heterocycles. The Morgan fingerprint density at radius 1 is 1.44 bits per heavy atom. The molecule has 2 aliphatic heterocycles. The first-order valence-electron chi connectivity index (χ1n) is 6.85. The van der Waals surface area contributed by atoms with Crippen molar-refractivity contribution in [3.63, 3.8) is 0 Å². The highest BCUT2D eigenvalue weighted by molar-refractivity contribution is 5.88. The lowest BCUT2D eigenvalue weighted by Crippen LogP contribution is -2.54. The summed E-state index contributed by atoms with van der Waals surface area (Å²) in [5.41, 5.74) is -0.379. The van der Waals surface area contributed by atoms with Gasteiger partial charge in [0.25, 0.3) is 0 Å². The van der Waals surface area contributed by atoms with Crippen molar-refractivity contribution < 1.29 is 14.7 Å². The molecule has 2 N–H and O–H groups in total. The van der Waals surface area contributed by atoms with Gasteiger partial charge in [-0.15, -0.1) is 0 Å². The molecule has 2 saturated heterocycles. The summed E-state index contributed by atoms with van der Waals surface area (Å²) in [5.74, 6) is -0.821. The third-order valence-electron chi connectivity index (χ3n) is 4.40. The first-order valence-corrected chi connectivity index (χ1v) is 6.85. The Balaban J connectivity index is 2.15. The zero-order valence-corrected chi connectivity index (χ0v) is 10.9. The fraction of sp³-hybridized carbons (Fsp3) is 0.846. The van der Waals surface area contributed by atoms with Crippen LogP contribution in [0.4, 0.5) is 0 Å². The monoisotopic (exact) mass is 254 g/mol. The Labute approximate surface area is 108 Å². The summed E-state index contributed by atoms with van der Waals surface area (Å²) >= 11 is 0. The molecule has 2 aliphatic rings. The van der Waals surface area contributed by atoms with Crippen molar-refractivity contribution in [2.45, 2.75) is 45.1 Å². The Morgan fingerprint density at radius 3 is 2.78 bits per heavy atom. The molecule has 2 atom stereocenters. The SMILES string of the molecule is CCC1(C(=O)N2CCC[C@H]2C(=O)O)CCCNC1. The predicted molar refractivity (Wildman–Crippen MR) is 67.2 cm³/mol. The lowest BCUT2D eigenvalue weighted by Gasteiger charge is -2.39. The molecule has 102 valence electrons. The van der Waals surface area contributed by atoms with Gasteiger partial charge in [-0.1, -0.05) is 6.92 Å². The largest absolute Gasteiger partial charge is 0.480 e. The van der Waals surface area contributed by atoms with E-state index in [-0.39, 0.29) is 11.3 Å². The average Bonchev–Trinajstić information content (AvgIpc) is 2.88. The smallest absolute Gasteiger partial charge is 0.326 e. The number of carboxylic acid groups (broad SMARTS) is 1.